The Kier molecular flexibility index (Phi) is 6.25. The van der Waals surface area contributed by atoms with Crippen molar-refractivity contribution in [2.45, 2.75) is 39.2 Å². The van der Waals surface area contributed by atoms with Gasteiger partial charge in [0.15, 0.2) is 0 Å². The van der Waals surface area contributed by atoms with Crippen LogP contribution in [0.1, 0.15) is 33.6 Å². The van der Waals surface area contributed by atoms with Gasteiger partial charge < -0.3 is 9.47 Å². The Balaban J connectivity index is 4.38. The van der Waals surface area contributed by atoms with Gasteiger partial charge in [0, 0.05) is 12.5 Å². The van der Waals surface area contributed by atoms with Crippen molar-refractivity contribution < 1.29 is 19.1 Å². The second kappa shape index (κ2) is 6.89. The maximum Gasteiger partial charge on any atom is 0.333 e. The molecule has 96 valence electrons. The molecule has 0 amide bonds. The van der Waals surface area contributed by atoms with Gasteiger partial charge in [0.05, 0.1) is 7.11 Å². The summed E-state index contributed by atoms with van der Waals surface area (Å²) in [5, 5.41) is 0. The number of carbonyl (C=O) groups is 2. The Labute approximate surface area is 102 Å². The average Bonchev–Trinajstić information content (AvgIpc) is 2.26. The lowest BCUT2D eigenvalue weighted by Gasteiger charge is -2.24. The number of hydrogen-bond acceptors (Lipinski definition) is 4. The first-order valence-corrected chi connectivity index (χ1v) is 5.43. The molecule has 4 nitrogen and oxygen atoms in total. The molecule has 0 rings (SSSR count). The molecule has 0 aromatic heterocycles. The maximum atomic E-state index is 11.1. The molecular weight excluding hydrogens is 220 g/mol. The molecule has 0 aromatic rings. The van der Waals surface area contributed by atoms with Crippen LogP contribution in [0, 0.1) is 0 Å². The van der Waals surface area contributed by atoms with Crippen molar-refractivity contribution >= 4 is 11.9 Å². The molecule has 0 spiro atoms. The van der Waals surface area contributed by atoms with Gasteiger partial charge in [-0.3, -0.25) is 4.79 Å². The Hall–Kier alpha value is -1.58. The van der Waals surface area contributed by atoms with Crippen molar-refractivity contribution in [3.05, 3.63) is 24.3 Å². The van der Waals surface area contributed by atoms with E-state index in [0.29, 0.717) is 18.4 Å². The summed E-state index contributed by atoms with van der Waals surface area (Å²) in [7, 11) is 1.34. The summed E-state index contributed by atoms with van der Waals surface area (Å²) >= 11 is 0. The van der Waals surface area contributed by atoms with Crippen molar-refractivity contribution in [2.24, 2.45) is 0 Å². The summed E-state index contributed by atoms with van der Waals surface area (Å²) in [5.41, 5.74) is -0.152. The number of ether oxygens (including phenoxy) is 2. The van der Waals surface area contributed by atoms with Crippen molar-refractivity contribution in [3.8, 4) is 0 Å². The highest BCUT2D eigenvalue weighted by Gasteiger charge is 2.22. The third-order valence-electron chi connectivity index (χ3n) is 2.41. The average molecular weight is 240 g/mol. The van der Waals surface area contributed by atoms with Gasteiger partial charge in [0.25, 0.3) is 0 Å². The molecule has 0 aliphatic heterocycles. The van der Waals surface area contributed by atoms with Crippen molar-refractivity contribution in [2.75, 3.05) is 7.11 Å². The van der Waals surface area contributed by atoms with Gasteiger partial charge in [-0.15, -0.1) is 0 Å². The van der Waals surface area contributed by atoms with Crippen molar-refractivity contribution in [3.63, 3.8) is 0 Å². The standard InChI is InChI=1S/C13H20O4/c1-6-13(4,17-11(3)14)9-7-8-10(2)12(15)16-5/h6,8H,1,7,9H2,2-5H3. The van der Waals surface area contributed by atoms with Crippen LogP contribution in [0.3, 0.4) is 0 Å². The van der Waals surface area contributed by atoms with E-state index in [-0.39, 0.29) is 11.9 Å². The zero-order valence-electron chi connectivity index (χ0n) is 10.9. The zero-order valence-corrected chi connectivity index (χ0v) is 10.9. The predicted octanol–water partition coefficient (Wildman–Crippen LogP) is 2.39. The molecule has 0 aliphatic rings. The summed E-state index contributed by atoms with van der Waals surface area (Å²) in [6.07, 6.45) is 4.54. The van der Waals surface area contributed by atoms with E-state index >= 15 is 0 Å². The summed E-state index contributed by atoms with van der Waals surface area (Å²) < 4.78 is 9.73. The van der Waals surface area contributed by atoms with Gasteiger partial charge in [-0.25, -0.2) is 4.79 Å². The van der Waals surface area contributed by atoms with E-state index in [4.69, 9.17) is 4.74 Å². The molecule has 0 fully saturated rings. The van der Waals surface area contributed by atoms with Crippen LogP contribution >= 0.6 is 0 Å². The van der Waals surface area contributed by atoms with Gasteiger partial charge in [0.1, 0.15) is 5.60 Å². The molecule has 4 heteroatoms. The summed E-state index contributed by atoms with van der Waals surface area (Å²) in [5.74, 6) is -0.695. The molecular formula is C13H20O4. The van der Waals surface area contributed by atoms with Gasteiger partial charge in [-0.05, 0) is 32.8 Å². The SMILES string of the molecule is C=CC(C)(CCC=C(C)C(=O)OC)OC(C)=O. The topological polar surface area (TPSA) is 52.6 Å². The lowest BCUT2D eigenvalue weighted by molar-refractivity contribution is -0.151. The minimum Gasteiger partial charge on any atom is -0.466 e. The fraction of sp³-hybridized carbons (Fsp3) is 0.538. The number of methoxy groups -OCH3 is 1. The molecule has 0 bridgehead atoms. The molecule has 1 atom stereocenters. The second-order valence-corrected chi connectivity index (χ2v) is 4.03. The minimum absolute atomic E-state index is 0.346. The minimum atomic E-state index is -0.696. The highest BCUT2D eigenvalue weighted by atomic mass is 16.6. The second-order valence-electron chi connectivity index (χ2n) is 4.03. The Morgan fingerprint density at radius 1 is 1.35 bits per heavy atom. The van der Waals surface area contributed by atoms with E-state index in [9.17, 15) is 9.59 Å². The lowest BCUT2D eigenvalue weighted by Crippen LogP contribution is -2.27. The Morgan fingerprint density at radius 3 is 2.35 bits per heavy atom. The Morgan fingerprint density at radius 2 is 1.94 bits per heavy atom. The number of esters is 2. The molecule has 0 aromatic carbocycles. The molecule has 0 aliphatic carbocycles. The van der Waals surface area contributed by atoms with Crippen molar-refractivity contribution in [1.82, 2.24) is 0 Å². The smallest absolute Gasteiger partial charge is 0.333 e. The number of rotatable bonds is 6. The van der Waals surface area contributed by atoms with Crippen LogP contribution in [0.5, 0.6) is 0 Å². The van der Waals surface area contributed by atoms with Gasteiger partial charge in [-0.1, -0.05) is 12.7 Å². The molecule has 0 N–H and O–H groups in total. The number of hydrogen-bond donors (Lipinski definition) is 0. The maximum absolute atomic E-state index is 11.1. The molecule has 0 saturated carbocycles. The van der Waals surface area contributed by atoms with Crippen LogP contribution in [0.25, 0.3) is 0 Å². The van der Waals surface area contributed by atoms with E-state index in [0.717, 1.165) is 0 Å². The molecule has 0 saturated heterocycles. The fourth-order valence-corrected chi connectivity index (χ4v) is 1.34. The van der Waals surface area contributed by atoms with Gasteiger partial charge >= 0.3 is 11.9 Å². The zero-order chi connectivity index (χ0) is 13.5. The molecule has 0 heterocycles. The first-order valence-electron chi connectivity index (χ1n) is 5.43. The van der Waals surface area contributed by atoms with Crippen LogP contribution in [0.15, 0.2) is 24.3 Å². The van der Waals surface area contributed by atoms with Gasteiger partial charge in [-0.2, -0.15) is 0 Å². The summed E-state index contributed by atoms with van der Waals surface area (Å²) in [6.45, 7) is 8.47. The molecule has 1 unspecified atom stereocenters. The third-order valence-corrected chi connectivity index (χ3v) is 2.41. The van der Waals surface area contributed by atoms with E-state index < -0.39 is 5.60 Å². The van der Waals surface area contributed by atoms with E-state index in [2.05, 4.69) is 11.3 Å². The van der Waals surface area contributed by atoms with Crippen LogP contribution in [-0.2, 0) is 19.1 Å². The van der Waals surface area contributed by atoms with Crippen LogP contribution < -0.4 is 0 Å². The first-order chi connectivity index (χ1) is 7.84. The summed E-state index contributed by atoms with van der Waals surface area (Å²) in [6, 6.07) is 0. The monoisotopic (exact) mass is 240 g/mol. The van der Waals surface area contributed by atoms with E-state index in [1.165, 1.54) is 14.0 Å². The quantitative estimate of drug-likeness (QED) is 0.406. The van der Waals surface area contributed by atoms with Crippen molar-refractivity contribution in [1.29, 1.82) is 0 Å². The van der Waals surface area contributed by atoms with Gasteiger partial charge in [0.2, 0.25) is 0 Å². The molecule has 17 heavy (non-hydrogen) atoms. The first kappa shape index (κ1) is 15.4. The van der Waals surface area contributed by atoms with Crippen LogP contribution in [0.2, 0.25) is 0 Å². The largest absolute Gasteiger partial charge is 0.466 e. The Bertz CT molecular complexity index is 330. The fourth-order valence-electron chi connectivity index (χ4n) is 1.34. The normalized spacial score (nSPS) is 14.7. The van der Waals surface area contributed by atoms with Crippen LogP contribution in [-0.4, -0.2) is 24.6 Å². The highest BCUT2D eigenvalue weighted by Crippen LogP contribution is 2.20. The molecule has 0 radical (unpaired) electrons. The lowest BCUT2D eigenvalue weighted by atomic mass is 9.99. The number of allylic oxidation sites excluding steroid dienone is 1. The summed E-state index contributed by atoms with van der Waals surface area (Å²) in [4.78, 5) is 22.0. The highest BCUT2D eigenvalue weighted by molar-refractivity contribution is 5.87. The van der Waals surface area contributed by atoms with E-state index in [1.54, 1.807) is 26.0 Å². The van der Waals surface area contributed by atoms with Crippen LogP contribution in [0.4, 0.5) is 0 Å². The third kappa shape index (κ3) is 5.90. The predicted molar refractivity (Wildman–Crippen MR) is 65.4 cm³/mol. The van der Waals surface area contributed by atoms with E-state index in [1.807, 2.05) is 0 Å². The number of carbonyl (C=O) groups excluding carboxylic acids is 2.